The molecule has 1 atom stereocenters. The predicted molar refractivity (Wildman–Crippen MR) is 334 cm³/mol. The standard InChI is InChI=1S/C71H118O6/c1-4-7-10-13-16-19-22-24-26-28-29-30-31-32-33-34-35-36-37-38-39-40-41-42-43-44-46-47-49-52-55-58-61-64-70(73)76-67-68(66-75-69(72)63-60-57-54-51-21-18-15-12-9-6-3)77-71(74)65-62-59-56-53-50-48-45-27-25-23-20-17-14-11-8-5-2/h7,10,12,15-16,19,24,26-27,29-30,32-33,35-36,38-39,41-42,45,68H,4-6,8-9,11,13-14,17-18,20-23,25,28,31,34,37,40,43-44,46-67H2,1-3H3/b10-7-,15-12-,19-16-,26-24-,30-29-,33-32-,36-35-,39-38-,42-41-,45-27-. The Morgan fingerprint density at radius 2 is 0.532 bits per heavy atom. The minimum Gasteiger partial charge on any atom is -0.462 e. The van der Waals surface area contributed by atoms with Gasteiger partial charge in [0.2, 0.25) is 0 Å². The lowest BCUT2D eigenvalue weighted by atomic mass is 10.1. The van der Waals surface area contributed by atoms with Crippen molar-refractivity contribution in [2.24, 2.45) is 0 Å². The van der Waals surface area contributed by atoms with Gasteiger partial charge in [-0.05, 0) is 128 Å². The summed E-state index contributed by atoms with van der Waals surface area (Å²) in [5, 5.41) is 0. The summed E-state index contributed by atoms with van der Waals surface area (Å²) in [7, 11) is 0. The first-order valence-corrected chi connectivity index (χ1v) is 32.0. The normalized spacial score (nSPS) is 12.9. The number of allylic oxidation sites excluding steroid dienone is 20. The van der Waals surface area contributed by atoms with Crippen molar-refractivity contribution in [1.82, 2.24) is 0 Å². The number of carbonyl (C=O) groups excluding carboxylic acids is 3. The molecule has 6 nitrogen and oxygen atoms in total. The van der Waals surface area contributed by atoms with Gasteiger partial charge in [-0.3, -0.25) is 14.4 Å². The molecule has 0 aromatic heterocycles. The molecule has 0 amide bonds. The molecule has 0 fully saturated rings. The van der Waals surface area contributed by atoms with Crippen molar-refractivity contribution in [3.05, 3.63) is 122 Å². The molecule has 77 heavy (non-hydrogen) atoms. The van der Waals surface area contributed by atoms with Crippen LogP contribution in [0, 0.1) is 0 Å². The van der Waals surface area contributed by atoms with Crippen molar-refractivity contribution < 1.29 is 28.6 Å². The van der Waals surface area contributed by atoms with Crippen molar-refractivity contribution >= 4 is 17.9 Å². The van der Waals surface area contributed by atoms with E-state index in [1.54, 1.807) is 0 Å². The molecule has 0 saturated carbocycles. The summed E-state index contributed by atoms with van der Waals surface area (Å²) >= 11 is 0. The number of hydrogen-bond acceptors (Lipinski definition) is 6. The van der Waals surface area contributed by atoms with E-state index in [1.807, 2.05) is 0 Å². The van der Waals surface area contributed by atoms with Crippen LogP contribution in [0.1, 0.15) is 290 Å². The van der Waals surface area contributed by atoms with E-state index in [4.69, 9.17) is 14.2 Å². The Hall–Kier alpha value is -4.19. The highest BCUT2D eigenvalue weighted by atomic mass is 16.6. The van der Waals surface area contributed by atoms with Gasteiger partial charge in [0.05, 0.1) is 0 Å². The van der Waals surface area contributed by atoms with Crippen molar-refractivity contribution in [3.63, 3.8) is 0 Å². The minimum atomic E-state index is -0.791. The Labute approximate surface area is 475 Å². The van der Waals surface area contributed by atoms with Crippen LogP contribution >= 0.6 is 0 Å². The Morgan fingerprint density at radius 3 is 0.857 bits per heavy atom. The summed E-state index contributed by atoms with van der Waals surface area (Å²) in [6, 6.07) is 0. The van der Waals surface area contributed by atoms with E-state index < -0.39 is 6.10 Å². The molecule has 1 unspecified atom stereocenters. The summed E-state index contributed by atoms with van der Waals surface area (Å²) in [6.07, 6.45) is 89.3. The van der Waals surface area contributed by atoms with Crippen LogP contribution in [0.4, 0.5) is 0 Å². The van der Waals surface area contributed by atoms with Crippen LogP contribution < -0.4 is 0 Å². The summed E-state index contributed by atoms with van der Waals surface area (Å²) in [5.41, 5.74) is 0. The molecule has 6 heteroatoms. The van der Waals surface area contributed by atoms with Gasteiger partial charge in [-0.1, -0.05) is 264 Å². The first kappa shape index (κ1) is 72.8. The molecule has 438 valence electrons. The molecule has 0 aliphatic rings. The van der Waals surface area contributed by atoms with Gasteiger partial charge in [-0.2, -0.15) is 0 Å². The average Bonchev–Trinajstić information content (AvgIpc) is 3.43. The summed E-state index contributed by atoms with van der Waals surface area (Å²) in [5.74, 6) is -0.913. The number of rotatable bonds is 57. The summed E-state index contributed by atoms with van der Waals surface area (Å²) in [6.45, 7) is 6.45. The Kier molecular flexibility index (Phi) is 60.8. The molecule has 0 spiro atoms. The quantitative estimate of drug-likeness (QED) is 0.0261. The number of unbranched alkanes of at least 4 members (excludes halogenated alkanes) is 26. The first-order chi connectivity index (χ1) is 38.0. The second kappa shape index (κ2) is 64.3. The molecule has 0 heterocycles. The van der Waals surface area contributed by atoms with Crippen LogP contribution in [0.25, 0.3) is 0 Å². The molecule has 0 radical (unpaired) electrons. The Balaban J connectivity index is 4.23. The van der Waals surface area contributed by atoms with E-state index in [0.717, 1.165) is 148 Å². The average molecular weight is 1070 g/mol. The molecular formula is C71H118O6. The fourth-order valence-corrected chi connectivity index (χ4v) is 8.63. The lowest BCUT2D eigenvalue weighted by molar-refractivity contribution is -0.167. The van der Waals surface area contributed by atoms with E-state index in [2.05, 4.69) is 142 Å². The van der Waals surface area contributed by atoms with Gasteiger partial charge in [-0.25, -0.2) is 0 Å². The smallest absolute Gasteiger partial charge is 0.306 e. The maximum Gasteiger partial charge on any atom is 0.306 e. The lowest BCUT2D eigenvalue weighted by Crippen LogP contribution is -2.30. The monoisotopic (exact) mass is 1070 g/mol. The molecular weight excluding hydrogens is 949 g/mol. The topological polar surface area (TPSA) is 78.9 Å². The van der Waals surface area contributed by atoms with E-state index in [0.29, 0.717) is 19.3 Å². The fourth-order valence-electron chi connectivity index (χ4n) is 8.63. The molecule has 0 aromatic rings. The first-order valence-electron chi connectivity index (χ1n) is 32.0. The number of esters is 3. The number of carbonyl (C=O) groups is 3. The highest BCUT2D eigenvalue weighted by Crippen LogP contribution is 2.15. The van der Waals surface area contributed by atoms with E-state index in [9.17, 15) is 14.4 Å². The van der Waals surface area contributed by atoms with Crippen LogP contribution in [0.5, 0.6) is 0 Å². The third-order valence-corrected chi connectivity index (χ3v) is 13.4. The Bertz CT molecular complexity index is 1600. The lowest BCUT2D eigenvalue weighted by Gasteiger charge is -2.18. The second-order valence-corrected chi connectivity index (χ2v) is 20.9. The highest BCUT2D eigenvalue weighted by Gasteiger charge is 2.19. The highest BCUT2D eigenvalue weighted by molar-refractivity contribution is 5.71. The van der Waals surface area contributed by atoms with Gasteiger partial charge >= 0.3 is 17.9 Å². The van der Waals surface area contributed by atoms with Gasteiger partial charge in [0.1, 0.15) is 13.2 Å². The van der Waals surface area contributed by atoms with Crippen molar-refractivity contribution in [1.29, 1.82) is 0 Å². The van der Waals surface area contributed by atoms with Gasteiger partial charge in [-0.15, -0.1) is 0 Å². The molecule has 0 aliphatic carbocycles. The van der Waals surface area contributed by atoms with Crippen molar-refractivity contribution in [3.8, 4) is 0 Å². The Morgan fingerprint density at radius 1 is 0.273 bits per heavy atom. The molecule has 0 aromatic carbocycles. The fraction of sp³-hybridized carbons (Fsp3) is 0.676. The summed E-state index contributed by atoms with van der Waals surface area (Å²) < 4.78 is 16.9. The van der Waals surface area contributed by atoms with E-state index in [1.165, 1.54) is 103 Å². The zero-order valence-electron chi connectivity index (χ0n) is 50.2. The third-order valence-electron chi connectivity index (χ3n) is 13.4. The van der Waals surface area contributed by atoms with Crippen LogP contribution in [-0.4, -0.2) is 37.2 Å². The minimum absolute atomic E-state index is 0.0889. The van der Waals surface area contributed by atoms with Crippen LogP contribution in [-0.2, 0) is 28.6 Å². The zero-order chi connectivity index (χ0) is 55.7. The van der Waals surface area contributed by atoms with Gasteiger partial charge in [0.25, 0.3) is 0 Å². The van der Waals surface area contributed by atoms with Crippen LogP contribution in [0.15, 0.2) is 122 Å². The van der Waals surface area contributed by atoms with Crippen LogP contribution in [0.3, 0.4) is 0 Å². The van der Waals surface area contributed by atoms with Gasteiger partial charge < -0.3 is 14.2 Å². The number of ether oxygens (including phenoxy) is 3. The summed E-state index contributed by atoms with van der Waals surface area (Å²) in [4.78, 5) is 38.2. The van der Waals surface area contributed by atoms with Crippen molar-refractivity contribution in [2.45, 2.75) is 297 Å². The third kappa shape index (κ3) is 62.5. The van der Waals surface area contributed by atoms with Crippen LogP contribution in [0.2, 0.25) is 0 Å². The van der Waals surface area contributed by atoms with Gasteiger partial charge in [0.15, 0.2) is 6.10 Å². The largest absolute Gasteiger partial charge is 0.462 e. The van der Waals surface area contributed by atoms with Gasteiger partial charge in [0, 0.05) is 19.3 Å². The zero-order valence-corrected chi connectivity index (χ0v) is 50.2. The predicted octanol–water partition coefficient (Wildman–Crippen LogP) is 22.0. The molecule has 0 aliphatic heterocycles. The molecule has 0 bridgehead atoms. The second-order valence-electron chi connectivity index (χ2n) is 20.9. The van der Waals surface area contributed by atoms with E-state index >= 15 is 0 Å². The number of hydrogen-bond donors (Lipinski definition) is 0. The maximum absolute atomic E-state index is 12.9. The molecule has 0 saturated heterocycles. The van der Waals surface area contributed by atoms with E-state index in [-0.39, 0.29) is 31.1 Å². The molecule has 0 N–H and O–H groups in total. The molecule has 0 rings (SSSR count). The SMILES string of the molecule is CC/C=C\C/C=C\C/C=C\C/C=C\C/C=C\C/C=C\C/C=C\C/C=C\CCCCCCCCCCC(=O)OCC(COC(=O)CCCCCCC/C=C\CCC)OC(=O)CCCCCCC/C=C\CCCCCCCCC. The van der Waals surface area contributed by atoms with Crippen molar-refractivity contribution in [2.75, 3.05) is 13.2 Å². The maximum atomic E-state index is 12.9.